The monoisotopic (exact) mass is 222 g/mol. The van der Waals surface area contributed by atoms with Gasteiger partial charge in [0.05, 0.1) is 11.0 Å². The number of halogens is 1. The SMILES string of the molecule is CC(C)(C)Cn1c(=O)[nH]c2ccc(F)cc21. The highest BCUT2D eigenvalue weighted by molar-refractivity contribution is 5.75. The molecule has 0 saturated carbocycles. The van der Waals surface area contributed by atoms with E-state index in [0.29, 0.717) is 17.6 Å². The Morgan fingerprint density at radius 2 is 2.06 bits per heavy atom. The number of fused-ring (bicyclic) bond motifs is 1. The Kier molecular flexibility index (Phi) is 2.37. The maximum Gasteiger partial charge on any atom is 0.326 e. The highest BCUT2D eigenvalue weighted by atomic mass is 19.1. The van der Waals surface area contributed by atoms with Gasteiger partial charge in [0.1, 0.15) is 5.82 Å². The van der Waals surface area contributed by atoms with Crippen LogP contribution in [0.2, 0.25) is 0 Å². The van der Waals surface area contributed by atoms with Crippen molar-refractivity contribution in [1.82, 2.24) is 9.55 Å². The number of H-pyrrole nitrogens is 1. The lowest BCUT2D eigenvalue weighted by Gasteiger charge is -2.18. The summed E-state index contributed by atoms with van der Waals surface area (Å²) in [5.74, 6) is -0.325. The molecular formula is C12H15FN2O. The van der Waals surface area contributed by atoms with Crippen LogP contribution in [0.25, 0.3) is 11.0 Å². The molecule has 0 atom stereocenters. The summed E-state index contributed by atoms with van der Waals surface area (Å²) in [4.78, 5) is 14.4. The first-order chi connectivity index (χ1) is 7.37. The van der Waals surface area contributed by atoms with E-state index in [1.165, 1.54) is 12.1 Å². The number of hydrogen-bond acceptors (Lipinski definition) is 1. The lowest BCUT2D eigenvalue weighted by Crippen LogP contribution is -2.24. The van der Waals surface area contributed by atoms with E-state index in [2.05, 4.69) is 4.98 Å². The van der Waals surface area contributed by atoms with E-state index >= 15 is 0 Å². The number of aromatic nitrogens is 2. The molecule has 86 valence electrons. The first-order valence-electron chi connectivity index (χ1n) is 5.25. The Morgan fingerprint density at radius 1 is 1.38 bits per heavy atom. The minimum absolute atomic E-state index is 0.0226. The second kappa shape index (κ2) is 3.47. The molecule has 0 fully saturated rings. The van der Waals surface area contributed by atoms with Gasteiger partial charge in [-0.15, -0.1) is 0 Å². The van der Waals surface area contributed by atoms with Gasteiger partial charge >= 0.3 is 5.69 Å². The molecule has 16 heavy (non-hydrogen) atoms. The highest BCUT2D eigenvalue weighted by Crippen LogP contribution is 2.19. The normalized spacial score (nSPS) is 12.2. The van der Waals surface area contributed by atoms with Gasteiger partial charge in [-0.25, -0.2) is 9.18 Å². The predicted molar refractivity (Wildman–Crippen MR) is 62.0 cm³/mol. The molecule has 1 N–H and O–H groups in total. The van der Waals surface area contributed by atoms with Crippen LogP contribution in [0.4, 0.5) is 4.39 Å². The van der Waals surface area contributed by atoms with Crippen LogP contribution < -0.4 is 5.69 Å². The summed E-state index contributed by atoms with van der Waals surface area (Å²) in [6.45, 7) is 6.68. The van der Waals surface area contributed by atoms with Gasteiger partial charge in [0, 0.05) is 6.54 Å². The molecule has 0 radical (unpaired) electrons. The van der Waals surface area contributed by atoms with Crippen LogP contribution in [-0.4, -0.2) is 9.55 Å². The molecule has 0 aliphatic heterocycles. The fourth-order valence-corrected chi connectivity index (χ4v) is 1.76. The number of imidazole rings is 1. The smallest absolute Gasteiger partial charge is 0.306 e. The highest BCUT2D eigenvalue weighted by Gasteiger charge is 2.15. The van der Waals surface area contributed by atoms with E-state index in [9.17, 15) is 9.18 Å². The molecule has 2 aromatic rings. The first-order valence-corrected chi connectivity index (χ1v) is 5.25. The third-order valence-corrected chi connectivity index (χ3v) is 2.37. The summed E-state index contributed by atoms with van der Waals surface area (Å²) in [7, 11) is 0. The summed E-state index contributed by atoms with van der Waals surface area (Å²) in [5.41, 5.74) is 1.09. The maximum absolute atomic E-state index is 13.1. The van der Waals surface area contributed by atoms with Gasteiger partial charge in [-0.3, -0.25) is 4.57 Å². The van der Waals surface area contributed by atoms with Gasteiger partial charge in [-0.1, -0.05) is 20.8 Å². The summed E-state index contributed by atoms with van der Waals surface area (Å²) >= 11 is 0. The van der Waals surface area contributed by atoms with Crippen LogP contribution in [-0.2, 0) is 6.54 Å². The Bertz CT molecular complexity index is 575. The Labute approximate surface area is 92.9 Å². The molecule has 4 heteroatoms. The molecule has 0 saturated heterocycles. The molecule has 1 aromatic heterocycles. The quantitative estimate of drug-likeness (QED) is 0.791. The molecule has 0 unspecified atom stereocenters. The van der Waals surface area contributed by atoms with Crippen LogP contribution >= 0.6 is 0 Å². The first kappa shape index (κ1) is 10.9. The van der Waals surface area contributed by atoms with Crippen LogP contribution in [0.5, 0.6) is 0 Å². The number of benzene rings is 1. The zero-order chi connectivity index (χ0) is 11.9. The minimum Gasteiger partial charge on any atom is -0.306 e. The maximum atomic E-state index is 13.1. The van der Waals surface area contributed by atoms with Gasteiger partial charge in [-0.2, -0.15) is 0 Å². The third-order valence-electron chi connectivity index (χ3n) is 2.37. The van der Waals surface area contributed by atoms with Gasteiger partial charge in [0.15, 0.2) is 0 Å². The van der Waals surface area contributed by atoms with Crippen molar-refractivity contribution in [3.63, 3.8) is 0 Å². The Hall–Kier alpha value is -1.58. The lowest BCUT2D eigenvalue weighted by atomic mass is 9.97. The van der Waals surface area contributed by atoms with E-state index in [4.69, 9.17) is 0 Å². The summed E-state index contributed by atoms with van der Waals surface area (Å²) in [6, 6.07) is 4.32. The summed E-state index contributed by atoms with van der Waals surface area (Å²) in [6.07, 6.45) is 0. The predicted octanol–water partition coefficient (Wildman–Crippen LogP) is 2.51. The van der Waals surface area contributed by atoms with Crippen molar-refractivity contribution in [1.29, 1.82) is 0 Å². The lowest BCUT2D eigenvalue weighted by molar-refractivity contribution is 0.344. The molecule has 0 aliphatic rings. The van der Waals surface area contributed by atoms with Crippen LogP contribution in [0.3, 0.4) is 0 Å². The average molecular weight is 222 g/mol. The van der Waals surface area contributed by atoms with Crippen LogP contribution in [0, 0.1) is 11.2 Å². The van der Waals surface area contributed by atoms with Crippen molar-refractivity contribution >= 4 is 11.0 Å². The minimum atomic E-state index is -0.325. The van der Waals surface area contributed by atoms with E-state index in [1.807, 2.05) is 20.8 Å². The van der Waals surface area contributed by atoms with Gasteiger partial charge in [0.2, 0.25) is 0 Å². The van der Waals surface area contributed by atoms with Crippen LogP contribution in [0.1, 0.15) is 20.8 Å². The topological polar surface area (TPSA) is 37.8 Å². The van der Waals surface area contributed by atoms with E-state index in [0.717, 1.165) is 0 Å². The van der Waals surface area contributed by atoms with Crippen molar-refractivity contribution in [3.8, 4) is 0 Å². The molecule has 1 heterocycles. The average Bonchev–Trinajstić information content (AvgIpc) is 2.42. The van der Waals surface area contributed by atoms with Gasteiger partial charge < -0.3 is 4.98 Å². The molecule has 0 bridgehead atoms. The van der Waals surface area contributed by atoms with Gasteiger partial charge in [-0.05, 0) is 23.6 Å². The Balaban J connectivity index is 2.63. The molecule has 2 rings (SSSR count). The molecule has 0 amide bonds. The van der Waals surface area contributed by atoms with Gasteiger partial charge in [0.25, 0.3) is 0 Å². The zero-order valence-corrected chi connectivity index (χ0v) is 9.67. The fourth-order valence-electron chi connectivity index (χ4n) is 1.76. The second-order valence-electron chi connectivity index (χ2n) is 5.24. The van der Waals surface area contributed by atoms with E-state index < -0.39 is 0 Å². The largest absolute Gasteiger partial charge is 0.326 e. The fraction of sp³-hybridized carbons (Fsp3) is 0.417. The number of nitrogens with zero attached hydrogens (tertiary/aromatic N) is 1. The number of aromatic amines is 1. The van der Waals surface area contributed by atoms with Crippen molar-refractivity contribution in [2.75, 3.05) is 0 Å². The van der Waals surface area contributed by atoms with Crippen molar-refractivity contribution < 1.29 is 4.39 Å². The summed E-state index contributed by atoms with van der Waals surface area (Å²) < 4.78 is 14.7. The number of hydrogen-bond donors (Lipinski definition) is 1. The van der Waals surface area contributed by atoms with Crippen molar-refractivity contribution in [2.24, 2.45) is 5.41 Å². The van der Waals surface area contributed by atoms with E-state index in [-0.39, 0.29) is 16.9 Å². The summed E-state index contributed by atoms with van der Waals surface area (Å²) in [5, 5.41) is 0. The molecule has 3 nitrogen and oxygen atoms in total. The van der Waals surface area contributed by atoms with E-state index in [1.54, 1.807) is 10.6 Å². The third kappa shape index (κ3) is 2.01. The second-order valence-corrected chi connectivity index (χ2v) is 5.24. The molecule has 0 aliphatic carbocycles. The van der Waals surface area contributed by atoms with Crippen molar-refractivity contribution in [2.45, 2.75) is 27.3 Å². The number of nitrogens with one attached hydrogen (secondary N) is 1. The zero-order valence-electron chi connectivity index (χ0n) is 9.67. The van der Waals surface area contributed by atoms with Crippen LogP contribution in [0.15, 0.2) is 23.0 Å². The standard InChI is InChI=1S/C12H15FN2O/c1-12(2,3)7-15-10-6-8(13)4-5-9(10)14-11(15)16/h4-6H,7H2,1-3H3,(H,14,16). The molecular weight excluding hydrogens is 207 g/mol. The molecule has 1 aromatic carbocycles. The number of rotatable bonds is 1. The molecule has 0 spiro atoms. The van der Waals surface area contributed by atoms with Crippen molar-refractivity contribution in [3.05, 3.63) is 34.5 Å². The Morgan fingerprint density at radius 3 is 2.69 bits per heavy atom.